The Kier molecular flexibility index (Phi) is 7.95. The Bertz CT molecular complexity index is 732. The highest BCUT2D eigenvalue weighted by Crippen LogP contribution is 2.28. The second-order valence-corrected chi connectivity index (χ2v) is 6.96. The van der Waals surface area contributed by atoms with Crippen molar-refractivity contribution in [2.75, 3.05) is 18.0 Å². The highest BCUT2D eigenvalue weighted by atomic mass is 79.9. The van der Waals surface area contributed by atoms with Crippen molar-refractivity contribution < 1.29 is 0 Å². The molecular formula is C18H25BrN6. The third-order valence-electron chi connectivity index (χ3n) is 4.12. The molecule has 0 fully saturated rings. The lowest BCUT2D eigenvalue weighted by Gasteiger charge is -2.24. The number of nitrogens with zero attached hydrogens (tertiary/aromatic N) is 6. The van der Waals surface area contributed by atoms with Crippen LogP contribution in [0.25, 0.3) is 21.5 Å². The second-order valence-electron chi connectivity index (χ2n) is 6.10. The first-order valence-electron chi connectivity index (χ1n) is 8.97. The molecule has 0 bridgehead atoms. The van der Waals surface area contributed by atoms with E-state index in [4.69, 9.17) is 10.5 Å². The van der Waals surface area contributed by atoms with Crippen LogP contribution < -0.4 is 4.90 Å². The predicted molar refractivity (Wildman–Crippen MR) is 107 cm³/mol. The summed E-state index contributed by atoms with van der Waals surface area (Å²) in [4.78, 5) is 14.3. The number of fused-ring (bicyclic) bond motifs is 1. The Morgan fingerprint density at radius 1 is 1.08 bits per heavy atom. The maximum Gasteiger partial charge on any atom is 0.162 e. The van der Waals surface area contributed by atoms with E-state index in [9.17, 15) is 0 Å². The third-order valence-corrected chi connectivity index (χ3v) is 4.71. The maximum atomic E-state index is 8.67. The van der Waals surface area contributed by atoms with Crippen LogP contribution in [-0.4, -0.2) is 23.1 Å². The number of hydrogen-bond acceptors (Lipinski definition) is 4. The molecule has 25 heavy (non-hydrogen) atoms. The van der Waals surface area contributed by atoms with Gasteiger partial charge in [-0.1, -0.05) is 39.5 Å². The molecule has 7 heteroatoms. The van der Waals surface area contributed by atoms with Gasteiger partial charge in [0.15, 0.2) is 5.65 Å². The number of rotatable bonds is 10. The van der Waals surface area contributed by atoms with E-state index in [0.29, 0.717) is 15.9 Å². The molecule has 2 rings (SSSR count). The molecule has 0 aromatic carbocycles. The zero-order chi connectivity index (χ0) is 18.1. The van der Waals surface area contributed by atoms with Gasteiger partial charge in [0.2, 0.25) is 0 Å². The van der Waals surface area contributed by atoms with Gasteiger partial charge in [0, 0.05) is 27.9 Å². The highest BCUT2D eigenvalue weighted by molar-refractivity contribution is 9.10. The van der Waals surface area contributed by atoms with Crippen molar-refractivity contribution in [3.05, 3.63) is 33.1 Å². The van der Waals surface area contributed by atoms with Gasteiger partial charge >= 0.3 is 0 Å². The molecule has 0 aliphatic carbocycles. The van der Waals surface area contributed by atoms with E-state index in [0.717, 1.165) is 24.3 Å². The SMILES string of the molecule is CCCCCN(CCCCC)c1ccc2cc(Br)c(N=[N+]=[N-])nc2n1. The number of unbranched alkanes of at least 4 members (excludes halogenated alkanes) is 4. The van der Waals surface area contributed by atoms with Crippen molar-refractivity contribution in [1.82, 2.24) is 9.97 Å². The van der Waals surface area contributed by atoms with E-state index in [1.54, 1.807) is 0 Å². The number of anilines is 1. The zero-order valence-electron chi connectivity index (χ0n) is 15.0. The minimum atomic E-state index is 0.322. The molecule has 6 nitrogen and oxygen atoms in total. The van der Waals surface area contributed by atoms with Crippen LogP contribution >= 0.6 is 15.9 Å². The number of azide groups is 1. The number of aromatic nitrogens is 2. The van der Waals surface area contributed by atoms with Crippen molar-refractivity contribution in [2.45, 2.75) is 52.4 Å². The Balaban J connectivity index is 2.29. The van der Waals surface area contributed by atoms with E-state index in [1.807, 2.05) is 12.1 Å². The van der Waals surface area contributed by atoms with Crippen molar-refractivity contribution in [3.8, 4) is 0 Å². The molecule has 0 N–H and O–H groups in total. The van der Waals surface area contributed by atoms with Crippen molar-refractivity contribution in [2.24, 2.45) is 5.11 Å². The molecular weight excluding hydrogens is 380 g/mol. The summed E-state index contributed by atoms with van der Waals surface area (Å²) in [5.74, 6) is 1.27. The molecule has 2 heterocycles. The topological polar surface area (TPSA) is 77.8 Å². The van der Waals surface area contributed by atoms with E-state index < -0.39 is 0 Å². The van der Waals surface area contributed by atoms with Crippen LogP contribution in [0.3, 0.4) is 0 Å². The quantitative estimate of drug-likeness (QED) is 0.195. The molecule has 2 aromatic heterocycles. The first-order valence-corrected chi connectivity index (χ1v) is 9.76. The molecule has 0 atom stereocenters. The van der Waals surface area contributed by atoms with Crippen molar-refractivity contribution in [3.63, 3.8) is 0 Å². The van der Waals surface area contributed by atoms with E-state index >= 15 is 0 Å². The van der Waals surface area contributed by atoms with Crippen LogP contribution in [0.1, 0.15) is 52.4 Å². The predicted octanol–water partition coefficient (Wildman–Crippen LogP) is 6.52. The first kappa shape index (κ1) is 19.5. The zero-order valence-corrected chi connectivity index (χ0v) is 16.5. The largest absolute Gasteiger partial charge is 0.357 e. The maximum absolute atomic E-state index is 8.67. The molecule has 0 spiro atoms. The van der Waals surface area contributed by atoms with Crippen LogP contribution in [0.4, 0.5) is 11.6 Å². The summed E-state index contributed by atoms with van der Waals surface area (Å²) >= 11 is 3.38. The van der Waals surface area contributed by atoms with Gasteiger partial charge in [-0.25, -0.2) is 9.97 Å². The molecule has 2 aromatic rings. The van der Waals surface area contributed by atoms with E-state index in [2.05, 4.69) is 55.8 Å². The van der Waals surface area contributed by atoms with Gasteiger partial charge in [-0.05, 0) is 57.6 Å². The summed E-state index contributed by atoms with van der Waals surface area (Å²) in [5.41, 5.74) is 9.28. The molecule has 0 aliphatic rings. The summed E-state index contributed by atoms with van der Waals surface area (Å²) in [5, 5.41) is 4.55. The molecule has 0 saturated heterocycles. The highest BCUT2D eigenvalue weighted by Gasteiger charge is 2.10. The number of halogens is 1. The van der Waals surface area contributed by atoms with Gasteiger partial charge in [-0.2, -0.15) is 0 Å². The Hall–Kier alpha value is -1.85. The fourth-order valence-corrected chi connectivity index (χ4v) is 3.16. The second kappa shape index (κ2) is 10.2. The van der Waals surface area contributed by atoms with Gasteiger partial charge < -0.3 is 4.90 Å². The Morgan fingerprint density at radius 3 is 2.36 bits per heavy atom. The molecule has 0 saturated carbocycles. The van der Waals surface area contributed by atoms with Crippen LogP contribution in [0.5, 0.6) is 0 Å². The normalized spacial score (nSPS) is 10.7. The average molecular weight is 405 g/mol. The summed E-state index contributed by atoms with van der Waals surface area (Å²) in [6.07, 6.45) is 7.20. The van der Waals surface area contributed by atoms with Gasteiger partial charge in [0.25, 0.3) is 0 Å². The third kappa shape index (κ3) is 5.58. The Morgan fingerprint density at radius 2 is 1.76 bits per heavy atom. The Labute approximate surface area is 157 Å². The van der Waals surface area contributed by atoms with Crippen LogP contribution in [-0.2, 0) is 0 Å². The minimum Gasteiger partial charge on any atom is -0.357 e. The lowest BCUT2D eigenvalue weighted by Crippen LogP contribution is -2.26. The fraction of sp³-hybridized carbons (Fsp3) is 0.556. The van der Waals surface area contributed by atoms with Crippen LogP contribution in [0.15, 0.2) is 27.8 Å². The summed E-state index contributed by atoms with van der Waals surface area (Å²) in [6.45, 7) is 6.45. The van der Waals surface area contributed by atoms with Gasteiger partial charge in [0.1, 0.15) is 11.6 Å². The van der Waals surface area contributed by atoms with Gasteiger partial charge in [-0.3, -0.25) is 0 Å². The van der Waals surface area contributed by atoms with E-state index in [-0.39, 0.29) is 0 Å². The minimum absolute atomic E-state index is 0.322. The molecule has 0 aliphatic heterocycles. The standard InChI is InChI=1S/C18H25BrN6/c1-3-5-7-11-25(12-8-6-4-2)16-10-9-14-13-15(19)18(23-24-20)22-17(14)21-16/h9-10,13H,3-8,11-12H2,1-2H3. The summed E-state index contributed by atoms with van der Waals surface area (Å²) in [6, 6.07) is 5.98. The molecule has 134 valence electrons. The number of pyridine rings is 2. The monoisotopic (exact) mass is 404 g/mol. The lowest BCUT2D eigenvalue weighted by molar-refractivity contribution is 0.632. The van der Waals surface area contributed by atoms with Crippen LogP contribution in [0.2, 0.25) is 0 Å². The van der Waals surface area contributed by atoms with E-state index in [1.165, 1.54) is 38.5 Å². The average Bonchev–Trinajstić information content (AvgIpc) is 2.61. The summed E-state index contributed by atoms with van der Waals surface area (Å²) < 4.78 is 0.676. The lowest BCUT2D eigenvalue weighted by atomic mass is 10.2. The molecule has 0 unspecified atom stereocenters. The molecule has 0 radical (unpaired) electrons. The summed E-state index contributed by atoms with van der Waals surface area (Å²) in [7, 11) is 0. The van der Waals surface area contributed by atoms with Gasteiger partial charge in [0.05, 0.1) is 0 Å². The number of hydrogen-bond donors (Lipinski definition) is 0. The smallest absolute Gasteiger partial charge is 0.162 e. The van der Waals surface area contributed by atoms with Crippen LogP contribution in [0, 0.1) is 0 Å². The van der Waals surface area contributed by atoms with Crippen molar-refractivity contribution in [1.29, 1.82) is 0 Å². The first-order chi connectivity index (χ1) is 12.2. The fourth-order valence-electron chi connectivity index (χ4n) is 2.74. The van der Waals surface area contributed by atoms with Crippen molar-refractivity contribution >= 4 is 38.6 Å². The molecule has 0 amide bonds. The van der Waals surface area contributed by atoms with Gasteiger partial charge in [-0.15, -0.1) is 0 Å².